The summed E-state index contributed by atoms with van der Waals surface area (Å²) in [5.41, 5.74) is 6.33. The van der Waals surface area contributed by atoms with E-state index >= 15 is 0 Å². The zero-order chi connectivity index (χ0) is 21.7. The zero-order valence-corrected chi connectivity index (χ0v) is 18.5. The quantitative estimate of drug-likeness (QED) is 0.556. The summed E-state index contributed by atoms with van der Waals surface area (Å²) in [6, 6.07) is 8.55. The molecule has 31 heavy (non-hydrogen) atoms. The van der Waals surface area contributed by atoms with Crippen molar-refractivity contribution < 1.29 is 0 Å². The number of hydrogen-bond acceptors (Lipinski definition) is 5. The van der Waals surface area contributed by atoms with Crippen molar-refractivity contribution in [3.05, 3.63) is 64.5 Å². The van der Waals surface area contributed by atoms with Gasteiger partial charge in [-0.1, -0.05) is 6.92 Å². The Morgan fingerprint density at radius 2 is 1.84 bits per heavy atom. The molecule has 2 unspecified atom stereocenters. The van der Waals surface area contributed by atoms with E-state index in [9.17, 15) is 4.79 Å². The fraction of sp³-hybridized carbons (Fsp3) is 0.375. The van der Waals surface area contributed by atoms with Crippen molar-refractivity contribution in [2.75, 3.05) is 18.0 Å². The first kappa shape index (κ1) is 19.8. The molecule has 1 fully saturated rings. The van der Waals surface area contributed by atoms with Crippen LogP contribution in [0.15, 0.2) is 47.7 Å². The Hall–Kier alpha value is -3.19. The first-order valence-corrected chi connectivity index (χ1v) is 10.9. The predicted octanol–water partition coefficient (Wildman–Crippen LogP) is 3.07. The number of piperazine rings is 1. The number of nitrogens with zero attached hydrogens (tertiary/aromatic N) is 5. The Kier molecular flexibility index (Phi) is 4.78. The van der Waals surface area contributed by atoms with Crippen LogP contribution in [0.3, 0.4) is 0 Å². The van der Waals surface area contributed by atoms with Gasteiger partial charge in [-0.25, -0.2) is 9.97 Å². The fourth-order valence-corrected chi connectivity index (χ4v) is 4.66. The van der Waals surface area contributed by atoms with Gasteiger partial charge in [0.25, 0.3) is 5.56 Å². The van der Waals surface area contributed by atoms with Crippen molar-refractivity contribution >= 4 is 17.0 Å². The summed E-state index contributed by atoms with van der Waals surface area (Å²) in [5.74, 6) is 0. The first-order valence-electron chi connectivity index (χ1n) is 10.9. The number of fused-ring (bicyclic) bond motifs is 2. The van der Waals surface area contributed by atoms with Crippen LogP contribution in [0.1, 0.15) is 32.0 Å². The minimum Gasteiger partial charge on any atom is -0.367 e. The van der Waals surface area contributed by atoms with E-state index in [1.54, 1.807) is 10.5 Å². The summed E-state index contributed by atoms with van der Waals surface area (Å²) in [6.45, 7) is 10.3. The van der Waals surface area contributed by atoms with Gasteiger partial charge in [-0.3, -0.25) is 9.20 Å². The topological polar surface area (TPSA) is 66.9 Å². The molecule has 0 saturated carbocycles. The van der Waals surface area contributed by atoms with Crippen molar-refractivity contribution in [2.24, 2.45) is 0 Å². The number of aryl methyl sites for hydroxylation is 2. The van der Waals surface area contributed by atoms with E-state index in [1.807, 2.05) is 36.0 Å². The van der Waals surface area contributed by atoms with E-state index < -0.39 is 0 Å². The number of anilines is 1. The monoisotopic (exact) mass is 416 g/mol. The van der Waals surface area contributed by atoms with Crippen molar-refractivity contribution in [3.63, 3.8) is 0 Å². The average Bonchev–Trinajstić information content (AvgIpc) is 3.12. The third-order valence-electron chi connectivity index (χ3n) is 5.99. The number of nitrogens with one attached hydrogen (secondary N) is 1. The number of pyridine rings is 2. The molecule has 4 aromatic heterocycles. The number of imidazole rings is 1. The second-order valence-corrected chi connectivity index (χ2v) is 8.69. The lowest BCUT2D eigenvalue weighted by Crippen LogP contribution is -2.54. The maximum atomic E-state index is 13.0. The highest BCUT2D eigenvalue weighted by atomic mass is 16.1. The van der Waals surface area contributed by atoms with Crippen LogP contribution in [-0.4, -0.2) is 43.9 Å². The molecule has 160 valence electrons. The van der Waals surface area contributed by atoms with Crippen molar-refractivity contribution in [1.29, 1.82) is 0 Å². The molecule has 0 aromatic carbocycles. The van der Waals surface area contributed by atoms with E-state index in [4.69, 9.17) is 4.98 Å². The van der Waals surface area contributed by atoms with Gasteiger partial charge in [0, 0.05) is 55.4 Å². The maximum Gasteiger partial charge on any atom is 0.258 e. The molecule has 1 N–H and O–H groups in total. The molecule has 4 aromatic rings. The molecule has 7 nitrogen and oxygen atoms in total. The van der Waals surface area contributed by atoms with Gasteiger partial charge < -0.3 is 14.6 Å². The normalized spacial score (nSPS) is 19.4. The van der Waals surface area contributed by atoms with E-state index in [-0.39, 0.29) is 5.56 Å². The highest BCUT2D eigenvalue weighted by molar-refractivity contribution is 5.66. The minimum atomic E-state index is -0.0713. The van der Waals surface area contributed by atoms with Crippen LogP contribution >= 0.6 is 0 Å². The predicted molar refractivity (Wildman–Crippen MR) is 124 cm³/mol. The van der Waals surface area contributed by atoms with Crippen molar-refractivity contribution in [1.82, 2.24) is 24.1 Å². The number of hydrogen-bond donors (Lipinski definition) is 1. The Morgan fingerprint density at radius 1 is 1.06 bits per heavy atom. The summed E-state index contributed by atoms with van der Waals surface area (Å²) in [6.07, 6.45) is 6.79. The third-order valence-corrected chi connectivity index (χ3v) is 5.99. The van der Waals surface area contributed by atoms with Gasteiger partial charge in [0.2, 0.25) is 0 Å². The molecule has 0 radical (unpaired) electrons. The van der Waals surface area contributed by atoms with Crippen LogP contribution in [0.25, 0.3) is 22.6 Å². The molecule has 1 aliphatic rings. The van der Waals surface area contributed by atoms with Crippen LogP contribution < -0.4 is 15.8 Å². The molecule has 0 spiro atoms. The molecule has 7 heteroatoms. The summed E-state index contributed by atoms with van der Waals surface area (Å²) in [4.78, 5) is 24.8. The summed E-state index contributed by atoms with van der Waals surface area (Å²) >= 11 is 0. The Balaban J connectivity index is 1.58. The van der Waals surface area contributed by atoms with Gasteiger partial charge in [0.05, 0.1) is 17.1 Å². The van der Waals surface area contributed by atoms with Gasteiger partial charge >= 0.3 is 0 Å². The van der Waals surface area contributed by atoms with Crippen molar-refractivity contribution in [3.8, 4) is 11.3 Å². The SMILES string of the molecule is CCc1cc(-c2cc(=O)n3cc(N4CC(C)NC(C)C4)ccc3n2)cn2cc(C)nc12. The molecule has 5 heterocycles. The molecular formula is C24H28N6O. The summed E-state index contributed by atoms with van der Waals surface area (Å²) in [7, 11) is 0. The lowest BCUT2D eigenvalue weighted by atomic mass is 10.1. The maximum absolute atomic E-state index is 13.0. The van der Waals surface area contributed by atoms with Crippen LogP contribution in [0.5, 0.6) is 0 Å². The lowest BCUT2D eigenvalue weighted by molar-refractivity contribution is 0.407. The van der Waals surface area contributed by atoms with Crippen molar-refractivity contribution in [2.45, 2.75) is 46.2 Å². The second kappa shape index (κ2) is 7.50. The molecular weight excluding hydrogens is 388 g/mol. The third kappa shape index (κ3) is 3.59. The standard InChI is InChI=1S/C24H28N6O/c1-5-18-8-19(13-29-12-17(4)26-24(18)29)21-9-23(31)30-14-20(6-7-22(30)27-21)28-10-15(2)25-16(3)11-28/h6-9,12-16,25H,5,10-11H2,1-4H3. The molecule has 0 bridgehead atoms. The average molecular weight is 417 g/mol. The van der Waals surface area contributed by atoms with Crippen LogP contribution in [-0.2, 0) is 6.42 Å². The van der Waals surface area contributed by atoms with Gasteiger partial charge in [0.15, 0.2) is 0 Å². The van der Waals surface area contributed by atoms with E-state index in [1.165, 1.54) is 0 Å². The molecule has 2 atom stereocenters. The van der Waals surface area contributed by atoms with Gasteiger partial charge in [-0.05, 0) is 51.0 Å². The first-order chi connectivity index (χ1) is 14.9. The lowest BCUT2D eigenvalue weighted by Gasteiger charge is -2.37. The molecule has 1 aliphatic heterocycles. The Labute approximate surface area is 181 Å². The van der Waals surface area contributed by atoms with Gasteiger partial charge in [-0.2, -0.15) is 0 Å². The zero-order valence-electron chi connectivity index (χ0n) is 18.5. The van der Waals surface area contributed by atoms with Crippen LogP contribution in [0.4, 0.5) is 5.69 Å². The van der Waals surface area contributed by atoms with E-state index in [2.05, 4.69) is 48.1 Å². The van der Waals surface area contributed by atoms with Crippen LogP contribution in [0.2, 0.25) is 0 Å². The minimum absolute atomic E-state index is 0.0713. The Morgan fingerprint density at radius 3 is 2.58 bits per heavy atom. The fourth-order valence-electron chi connectivity index (χ4n) is 4.66. The van der Waals surface area contributed by atoms with E-state index in [0.717, 1.165) is 47.7 Å². The molecule has 1 saturated heterocycles. The highest BCUT2D eigenvalue weighted by Gasteiger charge is 2.21. The molecule has 5 rings (SSSR count). The van der Waals surface area contributed by atoms with E-state index in [0.29, 0.717) is 23.4 Å². The molecule has 0 amide bonds. The second-order valence-electron chi connectivity index (χ2n) is 8.69. The summed E-state index contributed by atoms with van der Waals surface area (Å²) in [5, 5.41) is 3.55. The summed E-state index contributed by atoms with van der Waals surface area (Å²) < 4.78 is 3.68. The van der Waals surface area contributed by atoms with Gasteiger partial charge in [0.1, 0.15) is 11.3 Å². The van der Waals surface area contributed by atoms with Gasteiger partial charge in [-0.15, -0.1) is 0 Å². The Bertz CT molecular complexity index is 1330. The smallest absolute Gasteiger partial charge is 0.258 e. The number of rotatable bonds is 3. The number of aromatic nitrogens is 4. The molecule has 0 aliphatic carbocycles. The highest BCUT2D eigenvalue weighted by Crippen LogP contribution is 2.23. The van der Waals surface area contributed by atoms with Crippen LogP contribution in [0, 0.1) is 6.92 Å². The largest absolute Gasteiger partial charge is 0.367 e.